The van der Waals surface area contributed by atoms with E-state index in [4.69, 9.17) is 17.0 Å². The highest BCUT2D eigenvalue weighted by atomic mass is 32.1. The molecule has 4 rings (SSSR count). The van der Waals surface area contributed by atoms with E-state index in [9.17, 15) is 4.79 Å². The molecule has 1 aromatic carbocycles. The SMILES string of the molecule is O=C1OC(c2ccccc2)CN1C1CCN(C(=S)Nc2cccnc2)CC1. The van der Waals surface area contributed by atoms with Crippen molar-refractivity contribution in [2.24, 2.45) is 0 Å². The monoisotopic (exact) mass is 382 g/mol. The Morgan fingerprint density at radius 2 is 1.93 bits per heavy atom. The zero-order chi connectivity index (χ0) is 18.6. The number of hydrogen-bond donors (Lipinski definition) is 1. The van der Waals surface area contributed by atoms with Crippen LogP contribution in [0.2, 0.25) is 0 Å². The molecule has 3 heterocycles. The molecule has 1 atom stereocenters. The zero-order valence-corrected chi connectivity index (χ0v) is 15.8. The molecule has 140 valence electrons. The van der Waals surface area contributed by atoms with Crippen molar-refractivity contribution in [1.29, 1.82) is 0 Å². The van der Waals surface area contributed by atoms with Crippen LogP contribution < -0.4 is 5.32 Å². The van der Waals surface area contributed by atoms with Crippen LogP contribution in [0.5, 0.6) is 0 Å². The summed E-state index contributed by atoms with van der Waals surface area (Å²) < 4.78 is 5.59. The summed E-state index contributed by atoms with van der Waals surface area (Å²) in [5.41, 5.74) is 1.94. The minimum absolute atomic E-state index is 0.176. The second-order valence-electron chi connectivity index (χ2n) is 6.83. The predicted molar refractivity (Wildman–Crippen MR) is 107 cm³/mol. The first-order valence-electron chi connectivity index (χ1n) is 9.19. The summed E-state index contributed by atoms with van der Waals surface area (Å²) in [6, 6.07) is 13.9. The number of cyclic esters (lactones) is 1. The first kappa shape index (κ1) is 17.7. The molecule has 0 bridgehead atoms. The van der Waals surface area contributed by atoms with E-state index < -0.39 is 0 Å². The highest BCUT2D eigenvalue weighted by Gasteiger charge is 2.38. The molecular weight excluding hydrogens is 360 g/mol. The van der Waals surface area contributed by atoms with Crippen LogP contribution >= 0.6 is 12.2 Å². The minimum atomic E-state index is -0.210. The van der Waals surface area contributed by atoms with Crippen LogP contribution in [0.1, 0.15) is 24.5 Å². The standard InChI is InChI=1S/C20H22N4O2S/c25-20-24(14-18(26-20)15-5-2-1-3-6-15)17-8-11-23(12-9-17)19(27)22-16-7-4-10-21-13-16/h1-7,10,13,17-18H,8-9,11-12,14H2,(H,22,27). The van der Waals surface area contributed by atoms with E-state index in [1.165, 1.54) is 0 Å². The summed E-state index contributed by atoms with van der Waals surface area (Å²) in [5, 5.41) is 3.92. The maximum absolute atomic E-state index is 12.4. The number of nitrogens with one attached hydrogen (secondary N) is 1. The van der Waals surface area contributed by atoms with E-state index in [2.05, 4.69) is 15.2 Å². The van der Waals surface area contributed by atoms with Crippen molar-refractivity contribution in [2.75, 3.05) is 25.0 Å². The third-order valence-corrected chi connectivity index (χ3v) is 5.48. The Hall–Kier alpha value is -2.67. The maximum atomic E-state index is 12.4. The van der Waals surface area contributed by atoms with E-state index in [0.717, 1.165) is 37.2 Å². The molecule has 1 unspecified atom stereocenters. The first-order valence-corrected chi connectivity index (χ1v) is 9.59. The molecule has 2 fully saturated rings. The van der Waals surface area contributed by atoms with Gasteiger partial charge in [-0.3, -0.25) is 4.98 Å². The largest absolute Gasteiger partial charge is 0.439 e. The number of hydrogen-bond acceptors (Lipinski definition) is 4. The molecule has 27 heavy (non-hydrogen) atoms. The summed E-state index contributed by atoms with van der Waals surface area (Å²) in [6.45, 7) is 2.25. The molecule has 2 aliphatic rings. The van der Waals surface area contributed by atoms with Gasteiger partial charge in [-0.2, -0.15) is 0 Å². The molecular formula is C20H22N4O2S. The van der Waals surface area contributed by atoms with Gasteiger partial charge in [-0.15, -0.1) is 0 Å². The Morgan fingerprint density at radius 3 is 2.63 bits per heavy atom. The van der Waals surface area contributed by atoms with Gasteiger partial charge in [0.25, 0.3) is 0 Å². The third kappa shape index (κ3) is 4.03. The van der Waals surface area contributed by atoms with E-state index in [1.807, 2.05) is 47.4 Å². The van der Waals surface area contributed by atoms with Gasteiger partial charge in [-0.1, -0.05) is 30.3 Å². The smallest absolute Gasteiger partial charge is 0.410 e. The van der Waals surface area contributed by atoms with Crippen molar-refractivity contribution in [1.82, 2.24) is 14.8 Å². The average molecular weight is 382 g/mol. The molecule has 2 aromatic rings. The highest BCUT2D eigenvalue weighted by molar-refractivity contribution is 7.80. The Bertz CT molecular complexity index is 794. The molecule has 7 heteroatoms. The lowest BCUT2D eigenvalue weighted by atomic mass is 10.0. The number of thiocarbonyl (C=S) groups is 1. The van der Waals surface area contributed by atoms with Gasteiger partial charge in [-0.25, -0.2) is 4.79 Å². The highest BCUT2D eigenvalue weighted by Crippen LogP contribution is 2.30. The number of aromatic nitrogens is 1. The van der Waals surface area contributed by atoms with Gasteiger partial charge in [0.1, 0.15) is 6.10 Å². The number of likely N-dealkylation sites (tertiary alicyclic amines) is 1. The van der Waals surface area contributed by atoms with Crippen LogP contribution in [0.25, 0.3) is 0 Å². The van der Waals surface area contributed by atoms with Gasteiger partial charge in [-0.05, 0) is 42.8 Å². The molecule has 0 saturated carbocycles. The Morgan fingerprint density at radius 1 is 1.15 bits per heavy atom. The molecule has 6 nitrogen and oxygen atoms in total. The molecule has 1 amide bonds. The topological polar surface area (TPSA) is 57.7 Å². The van der Waals surface area contributed by atoms with Crippen molar-refractivity contribution in [3.63, 3.8) is 0 Å². The molecule has 0 radical (unpaired) electrons. The molecule has 2 saturated heterocycles. The number of carbonyl (C=O) groups is 1. The summed E-state index contributed by atoms with van der Waals surface area (Å²) in [5.74, 6) is 0. The van der Waals surface area contributed by atoms with E-state index in [-0.39, 0.29) is 18.2 Å². The number of nitrogens with zero attached hydrogens (tertiary/aromatic N) is 3. The Kier molecular flexibility index (Phi) is 5.20. The van der Waals surface area contributed by atoms with Crippen molar-refractivity contribution in [2.45, 2.75) is 25.0 Å². The van der Waals surface area contributed by atoms with Crippen LogP contribution in [0.15, 0.2) is 54.9 Å². The van der Waals surface area contributed by atoms with Gasteiger partial charge in [0.2, 0.25) is 0 Å². The van der Waals surface area contributed by atoms with E-state index in [0.29, 0.717) is 11.7 Å². The van der Waals surface area contributed by atoms with Gasteiger partial charge < -0.3 is 19.9 Å². The molecule has 1 N–H and O–H groups in total. The number of ether oxygens (including phenoxy) is 1. The van der Waals surface area contributed by atoms with Gasteiger partial charge in [0.05, 0.1) is 18.4 Å². The number of carbonyl (C=O) groups excluding carboxylic acids is 1. The fourth-order valence-corrected chi connectivity index (χ4v) is 3.94. The van der Waals surface area contributed by atoms with Crippen LogP contribution in [0, 0.1) is 0 Å². The van der Waals surface area contributed by atoms with Gasteiger partial charge in [0.15, 0.2) is 5.11 Å². The van der Waals surface area contributed by atoms with Gasteiger partial charge in [0, 0.05) is 25.3 Å². The lowest BCUT2D eigenvalue weighted by Crippen LogP contribution is -2.48. The molecule has 1 aromatic heterocycles. The van der Waals surface area contributed by atoms with Crippen LogP contribution in [-0.2, 0) is 4.74 Å². The number of rotatable bonds is 3. The number of amides is 1. The number of benzene rings is 1. The second-order valence-corrected chi connectivity index (χ2v) is 7.21. The zero-order valence-electron chi connectivity index (χ0n) is 15.0. The lowest BCUT2D eigenvalue weighted by molar-refractivity contribution is 0.120. The van der Waals surface area contributed by atoms with Crippen LogP contribution in [0.3, 0.4) is 0 Å². The molecule has 0 aliphatic carbocycles. The van der Waals surface area contributed by atoms with Crippen molar-refractivity contribution < 1.29 is 9.53 Å². The quantitative estimate of drug-likeness (QED) is 0.821. The number of pyridine rings is 1. The predicted octanol–water partition coefficient (Wildman–Crippen LogP) is 3.44. The summed E-state index contributed by atoms with van der Waals surface area (Å²) in [4.78, 5) is 20.5. The lowest BCUT2D eigenvalue weighted by Gasteiger charge is -2.36. The van der Waals surface area contributed by atoms with Crippen molar-refractivity contribution >= 4 is 29.1 Å². The van der Waals surface area contributed by atoms with Crippen molar-refractivity contribution in [3.05, 3.63) is 60.4 Å². The van der Waals surface area contributed by atoms with E-state index >= 15 is 0 Å². The van der Waals surface area contributed by atoms with Crippen LogP contribution in [0.4, 0.5) is 10.5 Å². The fourth-order valence-electron chi connectivity index (χ4n) is 3.64. The summed E-state index contributed by atoms with van der Waals surface area (Å²) >= 11 is 5.52. The van der Waals surface area contributed by atoms with E-state index in [1.54, 1.807) is 12.4 Å². The second kappa shape index (κ2) is 7.92. The van der Waals surface area contributed by atoms with Crippen molar-refractivity contribution in [3.8, 4) is 0 Å². The van der Waals surface area contributed by atoms with Gasteiger partial charge >= 0.3 is 6.09 Å². The maximum Gasteiger partial charge on any atom is 0.410 e. The minimum Gasteiger partial charge on any atom is -0.439 e. The van der Waals surface area contributed by atoms with Crippen LogP contribution in [-0.4, -0.2) is 51.7 Å². The molecule has 0 spiro atoms. The average Bonchev–Trinajstić information content (AvgIpc) is 3.11. The fraction of sp³-hybridized carbons (Fsp3) is 0.350. The summed E-state index contributed by atoms with van der Waals surface area (Å²) in [6.07, 6.45) is 4.86. The summed E-state index contributed by atoms with van der Waals surface area (Å²) in [7, 11) is 0. The Labute approximate surface area is 164 Å². The normalized spacial score (nSPS) is 20.4. The molecule has 2 aliphatic heterocycles. The number of anilines is 1. The third-order valence-electron chi connectivity index (χ3n) is 5.12. The Balaban J connectivity index is 1.31. The first-order chi connectivity index (χ1) is 13.2. The number of piperidine rings is 1.